The Labute approximate surface area is 118 Å². The van der Waals surface area contributed by atoms with Gasteiger partial charge >= 0.3 is 5.97 Å². The van der Waals surface area contributed by atoms with E-state index >= 15 is 0 Å². The highest BCUT2D eigenvalue weighted by Crippen LogP contribution is 2.27. The molecule has 0 bridgehead atoms. The standard InChI is InChI=1S/C14H17NO4S/c1-3-5-11-8-12(14(16)19-2)10-13(9-11)15-6-4-7-20(15,17)18/h3,5,8-10H,4,6-7H2,1-2H3/b5-3-. The van der Waals surface area contributed by atoms with Gasteiger partial charge in [0.1, 0.15) is 0 Å². The lowest BCUT2D eigenvalue weighted by Crippen LogP contribution is -2.25. The van der Waals surface area contributed by atoms with E-state index in [9.17, 15) is 13.2 Å². The highest BCUT2D eigenvalue weighted by atomic mass is 32.2. The molecule has 1 aliphatic rings. The van der Waals surface area contributed by atoms with Gasteiger partial charge in [-0.05, 0) is 37.1 Å². The second-order valence-corrected chi connectivity index (χ2v) is 6.56. The molecule has 2 rings (SSSR count). The monoisotopic (exact) mass is 295 g/mol. The number of hydrogen-bond donors (Lipinski definition) is 0. The van der Waals surface area contributed by atoms with Gasteiger partial charge in [-0.3, -0.25) is 4.31 Å². The molecule has 0 unspecified atom stereocenters. The van der Waals surface area contributed by atoms with Crippen LogP contribution < -0.4 is 4.31 Å². The van der Waals surface area contributed by atoms with Gasteiger partial charge in [-0.2, -0.15) is 0 Å². The van der Waals surface area contributed by atoms with E-state index in [-0.39, 0.29) is 5.75 Å². The second kappa shape index (κ2) is 5.66. The molecular formula is C14H17NO4S. The molecule has 5 nitrogen and oxygen atoms in total. The van der Waals surface area contributed by atoms with Gasteiger partial charge in [0.05, 0.1) is 24.1 Å². The van der Waals surface area contributed by atoms with E-state index in [0.29, 0.717) is 24.2 Å². The first kappa shape index (κ1) is 14.6. The van der Waals surface area contributed by atoms with E-state index < -0.39 is 16.0 Å². The maximum atomic E-state index is 12.0. The summed E-state index contributed by atoms with van der Waals surface area (Å²) in [4.78, 5) is 11.7. The number of carbonyl (C=O) groups is 1. The van der Waals surface area contributed by atoms with Gasteiger partial charge in [0.25, 0.3) is 0 Å². The van der Waals surface area contributed by atoms with Crippen LogP contribution in [0, 0.1) is 0 Å². The van der Waals surface area contributed by atoms with Crippen LogP contribution in [0.2, 0.25) is 0 Å². The minimum atomic E-state index is -3.26. The zero-order valence-electron chi connectivity index (χ0n) is 11.5. The summed E-state index contributed by atoms with van der Waals surface area (Å²) in [6, 6.07) is 5.00. The fourth-order valence-corrected chi connectivity index (χ4v) is 3.78. The average molecular weight is 295 g/mol. The Kier molecular flexibility index (Phi) is 4.13. The van der Waals surface area contributed by atoms with Crippen LogP contribution in [-0.4, -0.2) is 33.8 Å². The largest absolute Gasteiger partial charge is 0.465 e. The van der Waals surface area contributed by atoms with Gasteiger partial charge in [0, 0.05) is 6.54 Å². The number of esters is 1. The van der Waals surface area contributed by atoms with Crippen LogP contribution in [0.5, 0.6) is 0 Å². The number of carbonyl (C=O) groups excluding carboxylic acids is 1. The fourth-order valence-electron chi connectivity index (χ4n) is 2.23. The first-order valence-electron chi connectivity index (χ1n) is 6.34. The molecule has 0 saturated carbocycles. The number of hydrogen-bond acceptors (Lipinski definition) is 4. The number of allylic oxidation sites excluding steroid dienone is 1. The van der Waals surface area contributed by atoms with Crippen LogP contribution in [0.25, 0.3) is 6.08 Å². The van der Waals surface area contributed by atoms with Gasteiger partial charge in [-0.25, -0.2) is 13.2 Å². The first-order valence-corrected chi connectivity index (χ1v) is 7.95. The summed E-state index contributed by atoms with van der Waals surface area (Å²) < 4.78 is 30.0. The van der Waals surface area contributed by atoms with Gasteiger partial charge < -0.3 is 4.74 Å². The number of rotatable bonds is 3. The van der Waals surface area contributed by atoms with Crippen molar-refractivity contribution in [3.63, 3.8) is 0 Å². The molecule has 1 saturated heterocycles. The minimum absolute atomic E-state index is 0.147. The summed E-state index contributed by atoms with van der Waals surface area (Å²) in [6.45, 7) is 2.30. The Morgan fingerprint density at radius 2 is 2.10 bits per heavy atom. The molecule has 0 atom stereocenters. The third-order valence-electron chi connectivity index (χ3n) is 3.11. The highest BCUT2D eigenvalue weighted by molar-refractivity contribution is 7.93. The van der Waals surface area contributed by atoms with Crippen LogP contribution >= 0.6 is 0 Å². The van der Waals surface area contributed by atoms with Crippen molar-refractivity contribution in [1.29, 1.82) is 0 Å². The van der Waals surface area contributed by atoms with E-state index in [1.54, 1.807) is 18.2 Å². The molecule has 0 N–H and O–H groups in total. The number of ether oxygens (including phenoxy) is 1. The highest BCUT2D eigenvalue weighted by Gasteiger charge is 2.29. The van der Waals surface area contributed by atoms with Crippen molar-refractivity contribution < 1.29 is 17.9 Å². The predicted octanol–water partition coefficient (Wildman–Crippen LogP) is 2.05. The van der Waals surface area contributed by atoms with Crippen LogP contribution in [0.15, 0.2) is 24.3 Å². The summed E-state index contributed by atoms with van der Waals surface area (Å²) in [6.07, 6.45) is 4.25. The minimum Gasteiger partial charge on any atom is -0.465 e. The average Bonchev–Trinajstić information content (AvgIpc) is 2.77. The molecule has 108 valence electrons. The van der Waals surface area contributed by atoms with E-state index in [0.717, 1.165) is 5.56 Å². The maximum absolute atomic E-state index is 12.0. The summed E-state index contributed by atoms with van der Waals surface area (Å²) in [5, 5.41) is 0. The number of methoxy groups -OCH3 is 1. The van der Waals surface area contributed by atoms with Crippen molar-refractivity contribution in [2.75, 3.05) is 23.7 Å². The lowest BCUT2D eigenvalue weighted by Gasteiger charge is -2.18. The fraction of sp³-hybridized carbons (Fsp3) is 0.357. The maximum Gasteiger partial charge on any atom is 0.337 e. The van der Waals surface area contributed by atoms with Gasteiger partial charge in [-0.1, -0.05) is 12.2 Å². The Morgan fingerprint density at radius 1 is 1.35 bits per heavy atom. The zero-order valence-corrected chi connectivity index (χ0v) is 12.3. The van der Waals surface area contributed by atoms with Gasteiger partial charge in [0.15, 0.2) is 0 Å². The molecule has 0 spiro atoms. The van der Waals surface area contributed by atoms with E-state index in [4.69, 9.17) is 4.74 Å². The Bertz CT molecular complexity index is 649. The Hall–Kier alpha value is -1.82. The van der Waals surface area contributed by atoms with Crippen molar-refractivity contribution in [2.24, 2.45) is 0 Å². The molecule has 1 fully saturated rings. The molecule has 1 aromatic rings. The molecule has 20 heavy (non-hydrogen) atoms. The van der Waals surface area contributed by atoms with E-state index in [2.05, 4.69) is 0 Å². The lowest BCUT2D eigenvalue weighted by atomic mass is 10.1. The quantitative estimate of drug-likeness (QED) is 0.801. The molecule has 0 amide bonds. The van der Waals surface area contributed by atoms with Crippen molar-refractivity contribution in [2.45, 2.75) is 13.3 Å². The SMILES string of the molecule is C/C=C\c1cc(C(=O)OC)cc(N2CCCS2(=O)=O)c1. The van der Waals surface area contributed by atoms with Crippen LogP contribution in [0.1, 0.15) is 29.3 Å². The van der Waals surface area contributed by atoms with Crippen LogP contribution in [0.3, 0.4) is 0 Å². The summed E-state index contributed by atoms with van der Waals surface area (Å²) >= 11 is 0. The van der Waals surface area contributed by atoms with Crippen molar-refractivity contribution in [3.05, 3.63) is 35.4 Å². The predicted molar refractivity (Wildman–Crippen MR) is 78.2 cm³/mol. The van der Waals surface area contributed by atoms with Crippen molar-refractivity contribution in [3.8, 4) is 0 Å². The molecule has 1 aromatic carbocycles. The third-order valence-corrected chi connectivity index (χ3v) is 4.98. The molecule has 1 heterocycles. The second-order valence-electron chi connectivity index (χ2n) is 4.55. The number of anilines is 1. The summed E-state index contributed by atoms with van der Waals surface area (Å²) in [5.74, 6) is -0.330. The number of sulfonamides is 1. The van der Waals surface area contributed by atoms with E-state index in [1.165, 1.54) is 11.4 Å². The lowest BCUT2D eigenvalue weighted by molar-refractivity contribution is 0.0600. The normalized spacial score (nSPS) is 17.6. The Balaban J connectivity index is 2.52. The topological polar surface area (TPSA) is 63.7 Å². The third kappa shape index (κ3) is 2.85. The molecular weight excluding hydrogens is 278 g/mol. The van der Waals surface area contributed by atoms with Crippen molar-refractivity contribution in [1.82, 2.24) is 0 Å². The van der Waals surface area contributed by atoms with Crippen molar-refractivity contribution >= 4 is 27.8 Å². The van der Waals surface area contributed by atoms with Crippen LogP contribution in [-0.2, 0) is 14.8 Å². The van der Waals surface area contributed by atoms with E-state index in [1.807, 2.05) is 19.1 Å². The molecule has 0 aromatic heterocycles. The number of nitrogens with zero attached hydrogens (tertiary/aromatic N) is 1. The Morgan fingerprint density at radius 3 is 2.65 bits per heavy atom. The smallest absolute Gasteiger partial charge is 0.337 e. The van der Waals surface area contributed by atoms with Gasteiger partial charge in [0.2, 0.25) is 10.0 Å². The summed E-state index contributed by atoms with van der Waals surface area (Å²) in [5.41, 5.74) is 1.63. The molecule has 1 aliphatic heterocycles. The van der Waals surface area contributed by atoms with Gasteiger partial charge in [-0.15, -0.1) is 0 Å². The molecule has 6 heteroatoms. The molecule has 0 aliphatic carbocycles. The molecule has 0 radical (unpaired) electrons. The van der Waals surface area contributed by atoms with Crippen LogP contribution in [0.4, 0.5) is 5.69 Å². The number of benzene rings is 1. The zero-order chi connectivity index (χ0) is 14.8. The summed E-state index contributed by atoms with van der Waals surface area (Å²) in [7, 11) is -1.96. The first-order chi connectivity index (χ1) is 9.47.